The lowest BCUT2D eigenvalue weighted by molar-refractivity contribution is 0.482. The van der Waals surface area contributed by atoms with E-state index in [-0.39, 0.29) is 24.0 Å². The van der Waals surface area contributed by atoms with Gasteiger partial charge in [0.25, 0.3) is 5.95 Å². The number of nitrogens with zero attached hydrogens (tertiary/aromatic N) is 6. The molecule has 0 aliphatic rings. The Morgan fingerprint density at radius 1 is 0.882 bits per heavy atom. The van der Waals surface area contributed by atoms with Crippen LogP contribution in [-0.2, 0) is 6.42 Å². The van der Waals surface area contributed by atoms with Gasteiger partial charge >= 0.3 is 0 Å². The fourth-order valence-corrected chi connectivity index (χ4v) is 3.71. The van der Waals surface area contributed by atoms with Gasteiger partial charge in [-0.2, -0.15) is 19.7 Å². The number of nitrogen functional groups attached to an aromatic ring is 2. The van der Waals surface area contributed by atoms with Crippen LogP contribution in [0.15, 0.2) is 48.8 Å². The molecule has 170 valence electrons. The van der Waals surface area contributed by atoms with E-state index in [0.29, 0.717) is 33.5 Å². The molecular formula is C23H17F3N8. The number of benzene rings is 2. The van der Waals surface area contributed by atoms with Crippen molar-refractivity contribution in [3.63, 3.8) is 0 Å². The third-order valence-electron chi connectivity index (χ3n) is 5.36. The Morgan fingerprint density at radius 2 is 1.53 bits per heavy atom. The first-order valence-corrected chi connectivity index (χ1v) is 10.1. The van der Waals surface area contributed by atoms with Crippen molar-refractivity contribution in [2.24, 2.45) is 0 Å². The Hall–Kier alpha value is -4.54. The van der Waals surface area contributed by atoms with E-state index in [1.807, 2.05) is 0 Å². The summed E-state index contributed by atoms with van der Waals surface area (Å²) in [7, 11) is 0. The Bertz CT molecular complexity index is 1520. The van der Waals surface area contributed by atoms with Gasteiger partial charge in [0.15, 0.2) is 11.6 Å². The second kappa shape index (κ2) is 8.10. The van der Waals surface area contributed by atoms with Crippen molar-refractivity contribution in [3.05, 3.63) is 83.3 Å². The lowest BCUT2D eigenvalue weighted by Gasteiger charge is -2.10. The van der Waals surface area contributed by atoms with Crippen LogP contribution in [0.5, 0.6) is 0 Å². The van der Waals surface area contributed by atoms with Crippen molar-refractivity contribution in [2.45, 2.75) is 13.3 Å². The van der Waals surface area contributed by atoms with Gasteiger partial charge in [0.05, 0.1) is 16.8 Å². The van der Waals surface area contributed by atoms with Crippen LogP contribution in [0.3, 0.4) is 0 Å². The number of anilines is 2. The van der Waals surface area contributed by atoms with Crippen LogP contribution in [0, 0.1) is 24.4 Å². The summed E-state index contributed by atoms with van der Waals surface area (Å²) in [5.74, 6) is -2.45. The van der Waals surface area contributed by atoms with Gasteiger partial charge in [-0.3, -0.25) is 0 Å². The van der Waals surface area contributed by atoms with Crippen molar-refractivity contribution in [2.75, 3.05) is 11.5 Å². The van der Waals surface area contributed by atoms with E-state index in [2.05, 4.69) is 25.0 Å². The molecular weight excluding hydrogens is 445 g/mol. The van der Waals surface area contributed by atoms with Crippen LogP contribution in [0.25, 0.3) is 28.0 Å². The first-order valence-electron chi connectivity index (χ1n) is 10.1. The van der Waals surface area contributed by atoms with E-state index in [1.54, 1.807) is 43.6 Å². The molecule has 11 heteroatoms. The fraction of sp³-hybridized carbons (Fsp3) is 0.0870. The zero-order valence-corrected chi connectivity index (χ0v) is 17.8. The van der Waals surface area contributed by atoms with Crippen LogP contribution in [0.4, 0.5) is 24.8 Å². The maximum atomic E-state index is 14.3. The van der Waals surface area contributed by atoms with Crippen molar-refractivity contribution in [1.82, 2.24) is 29.7 Å². The number of rotatable bonds is 4. The van der Waals surface area contributed by atoms with Gasteiger partial charge in [0.2, 0.25) is 0 Å². The standard InChI is InChI=1S/C23H17F3N8/c1-11-29-9-12(10-30-11)19-21(27)31-23(32-22(19)28)34-18-5-3-2-4-13(18)17(33-34)8-14-15(24)6-7-16(25)20(14)26/h2-7,9-10H,8H2,1H3,(H4,27,28,31,32). The molecule has 0 fully saturated rings. The largest absolute Gasteiger partial charge is 0.383 e. The highest BCUT2D eigenvalue weighted by Gasteiger charge is 2.21. The SMILES string of the molecule is Cc1ncc(-c2c(N)nc(-n3nc(Cc4c(F)ccc(F)c4F)c4ccccc43)nc2N)cn1. The third kappa shape index (κ3) is 3.56. The lowest BCUT2D eigenvalue weighted by atomic mass is 10.1. The first-order chi connectivity index (χ1) is 16.3. The number of aryl methyl sites for hydroxylation is 1. The number of fused-ring (bicyclic) bond motifs is 1. The maximum absolute atomic E-state index is 14.3. The normalized spacial score (nSPS) is 11.3. The predicted octanol–water partition coefficient (Wildman–Crippen LogP) is 3.75. The van der Waals surface area contributed by atoms with Crippen molar-refractivity contribution < 1.29 is 13.2 Å². The Labute approximate surface area is 191 Å². The van der Waals surface area contributed by atoms with E-state index in [0.717, 1.165) is 12.1 Å². The second-order valence-corrected chi connectivity index (χ2v) is 7.56. The van der Waals surface area contributed by atoms with Gasteiger partial charge in [-0.05, 0) is 25.1 Å². The van der Waals surface area contributed by atoms with Gasteiger partial charge in [-0.1, -0.05) is 18.2 Å². The highest BCUT2D eigenvalue weighted by atomic mass is 19.2. The van der Waals surface area contributed by atoms with E-state index >= 15 is 0 Å². The van der Waals surface area contributed by atoms with E-state index in [9.17, 15) is 13.2 Å². The summed E-state index contributed by atoms with van der Waals surface area (Å²) in [5.41, 5.74) is 13.7. The maximum Gasteiger partial charge on any atom is 0.255 e. The molecule has 3 aromatic heterocycles. The number of halogens is 3. The Morgan fingerprint density at radius 3 is 2.24 bits per heavy atom. The summed E-state index contributed by atoms with van der Waals surface area (Å²) in [6.45, 7) is 1.75. The second-order valence-electron chi connectivity index (χ2n) is 7.56. The molecule has 4 N–H and O–H groups in total. The highest BCUT2D eigenvalue weighted by molar-refractivity contribution is 5.85. The molecule has 5 aromatic rings. The summed E-state index contributed by atoms with van der Waals surface area (Å²) in [5, 5.41) is 5.05. The van der Waals surface area contributed by atoms with Gasteiger partial charge < -0.3 is 11.5 Å². The van der Waals surface area contributed by atoms with Crippen LogP contribution in [0.2, 0.25) is 0 Å². The molecule has 0 atom stereocenters. The Balaban J connectivity index is 1.63. The zero-order valence-electron chi connectivity index (χ0n) is 17.8. The topological polar surface area (TPSA) is 121 Å². The van der Waals surface area contributed by atoms with Crippen LogP contribution < -0.4 is 11.5 Å². The van der Waals surface area contributed by atoms with Gasteiger partial charge in [-0.25, -0.2) is 23.1 Å². The van der Waals surface area contributed by atoms with Crippen LogP contribution >= 0.6 is 0 Å². The molecule has 2 aromatic carbocycles. The summed E-state index contributed by atoms with van der Waals surface area (Å²) in [4.78, 5) is 17.0. The fourth-order valence-electron chi connectivity index (χ4n) is 3.71. The summed E-state index contributed by atoms with van der Waals surface area (Å²) in [6.07, 6.45) is 2.85. The summed E-state index contributed by atoms with van der Waals surface area (Å²) >= 11 is 0. The summed E-state index contributed by atoms with van der Waals surface area (Å²) < 4.78 is 43.7. The minimum Gasteiger partial charge on any atom is -0.383 e. The molecule has 34 heavy (non-hydrogen) atoms. The van der Waals surface area contributed by atoms with Crippen LogP contribution in [-0.4, -0.2) is 29.7 Å². The minimum absolute atomic E-state index is 0.0643. The van der Waals surface area contributed by atoms with Gasteiger partial charge in [-0.15, -0.1) is 0 Å². The molecule has 3 heterocycles. The molecule has 0 aliphatic carbocycles. The average molecular weight is 462 g/mol. The molecule has 0 radical (unpaired) electrons. The highest BCUT2D eigenvalue weighted by Crippen LogP contribution is 2.31. The minimum atomic E-state index is -1.26. The molecule has 0 amide bonds. The summed E-state index contributed by atoms with van der Waals surface area (Å²) in [6, 6.07) is 8.60. The third-order valence-corrected chi connectivity index (χ3v) is 5.36. The molecule has 0 saturated carbocycles. The van der Waals surface area contributed by atoms with Gasteiger partial charge in [0, 0.05) is 35.3 Å². The molecule has 0 saturated heterocycles. The molecule has 5 rings (SSSR count). The average Bonchev–Trinajstić information content (AvgIpc) is 3.18. The molecule has 0 unspecified atom stereocenters. The molecule has 0 aliphatic heterocycles. The quantitative estimate of drug-likeness (QED) is 0.390. The monoisotopic (exact) mass is 462 g/mol. The van der Waals surface area contributed by atoms with Crippen LogP contribution in [0.1, 0.15) is 17.1 Å². The zero-order chi connectivity index (χ0) is 24.0. The predicted molar refractivity (Wildman–Crippen MR) is 120 cm³/mol. The van der Waals surface area contributed by atoms with E-state index in [4.69, 9.17) is 11.5 Å². The number of nitrogens with two attached hydrogens (primary N) is 2. The molecule has 0 spiro atoms. The Kier molecular flexibility index (Phi) is 5.08. The molecule has 8 nitrogen and oxygen atoms in total. The lowest BCUT2D eigenvalue weighted by Crippen LogP contribution is -2.10. The van der Waals surface area contributed by atoms with E-state index < -0.39 is 23.0 Å². The first kappa shape index (κ1) is 21.3. The molecule has 0 bridgehead atoms. The number of hydrogen-bond donors (Lipinski definition) is 2. The van der Waals surface area contributed by atoms with Crippen molar-refractivity contribution in [1.29, 1.82) is 0 Å². The number of aromatic nitrogens is 6. The van der Waals surface area contributed by atoms with Crippen molar-refractivity contribution in [3.8, 4) is 17.1 Å². The van der Waals surface area contributed by atoms with Gasteiger partial charge in [0.1, 0.15) is 23.3 Å². The number of hydrogen-bond acceptors (Lipinski definition) is 7. The number of para-hydroxylation sites is 1. The van der Waals surface area contributed by atoms with E-state index in [1.165, 1.54) is 4.68 Å². The smallest absolute Gasteiger partial charge is 0.255 e. The van der Waals surface area contributed by atoms with Crippen molar-refractivity contribution >= 4 is 22.5 Å².